The lowest BCUT2D eigenvalue weighted by molar-refractivity contribution is -0.908. The molecule has 0 spiro atoms. The van der Waals surface area contributed by atoms with Gasteiger partial charge in [-0.05, 0) is 49.2 Å². The van der Waals surface area contributed by atoms with Gasteiger partial charge in [-0.1, -0.05) is 46.6 Å². The number of benzene rings is 3. The molecule has 0 unspecified atom stereocenters. The van der Waals surface area contributed by atoms with Crippen LogP contribution in [0.5, 0.6) is 0 Å². The lowest BCUT2D eigenvalue weighted by Crippen LogP contribution is -2.46. The highest BCUT2D eigenvalue weighted by Crippen LogP contribution is 2.35. The van der Waals surface area contributed by atoms with E-state index in [1.54, 1.807) is 0 Å². The highest BCUT2D eigenvalue weighted by atomic mass is 19.5. The Morgan fingerprint density at radius 1 is 0.711 bits per heavy atom. The average Bonchev–Trinajstić information content (AvgIpc) is 2.96. The number of nitrogens with zero attached hydrogens (tertiary/aromatic N) is 8. The van der Waals surface area contributed by atoms with Gasteiger partial charge in [-0.15, -0.1) is 0 Å². The summed E-state index contributed by atoms with van der Waals surface area (Å²) in [5.74, 6) is 0. The van der Waals surface area contributed by atoms with E-state index in [1.807, 2.05) is 54.6 Å². The fourth-order valence-corrected chi connectivity index (χ4v) is 4.72. The molecule has 0 aliphatic rings. The van der Waals surface area contributed by atoms with Crippen LogP contribution in [0.1, 0.15) is 20.3 Å². The van der Waals surface area contributed by atoms with Crippen molar-refractivity contribution in [1.29, 1.82) is 0 Å². The van der Waals surface area contributed by atoms with Gasteiger partial charge in [-0.2, -0.15) is 4.57 Å². The van der Waals surface area contributed by atoms with Crippen LogP contribution in [0.2, 0.25) is 0 Å². The van der Waals surface area contributed by atoms with Crippen LogP contribution in [0.3, 0.4) is 0 Å². The molecule has 0 N–H and O–H groups in total. The van der Waals surface area contributed by atoms with E-state index in [-0.39, 0.29) is 0 Å². The molecule has 4 aromatic rings. The number of hydrogen-bond acceptors (Lipinski definition) is 2. The summed E-state index contributed by atoms with van der Waals surface area (Å²) in [6.45, 7) is 8.50. The van der Waals surface area contributed by atoms with Gasteiger partial charge in [0.25, 0.3) is 0 Å². The van der Waals surface area contributed by atoms with Crippen LogP contribution in [-0.2, 0) is 6.54 Å². The molecule has 0 atom stereocenters. The van der Waals surface area contributed by atoms with Crippen molar-refractivity contribution in [2.75, 3.05) is 26.7 Å². The molecular weight excluding hydrogens is 610 g/mol. The second-order valence-corrected chi connectivity index (χ2v) is 10.00. The fraction of sp³-hybridized carbons (Fsp3) is 0.296. The lowest BCUT2D eigenvalue weighted by atomic mass is 9.98. The molecule has 3 aromatic carbocycles. The van der Waals surface area contributed by atoms with Crippen LogP contribution in [0.4, 0.5) is 45.9 Å². The zero-order valence-corrected chi connectivity index (χ0v) is 24.6. The maximum absolute atomic E-state index is 9.75. The van der Waals surface area contributed by atoms with E-state index in [0.29, 0.717) is 11.4 Å². The molecule has 0 radical (unpaired) electrons. The zero-order chi connectivity index (χ0) is 33.8. The first-order chi connectivity index (χ1) is 21.0. The third-order valence-electron chi connectivity index (χ3n) is 7.06. The summed E-state index contributed by atoms with van der Waals surface area (Å²) in [7, 11) is -9.70. The van der Waals surface area contributed by atoms with Crippen molar-refractivity contribution in [3.63, 3.8) is 0 Å². The number of rotatable bonds is 9. The van der Waals surface area contributed by atoms with E-state index in [9.17, 15) is 34.5 Å². The topological polar surface area (TPSA) is 101 Å². The molecule has 1 heterocycles. The van der Waals surface area contributed by atoms with E-state index in [2.05, 4.69) is 57.6 Å². The Hall–Kier alpha value is -4.52. The molecular formula is C27H30B2F8N8. The summed E-state index contributed by atoms with van der Waals surface area (Å²) in [6, 6.07) is 21.9. The molecule has 0 bridgehead atoms. The minimum atomic E-state index is -6.00. The van der Waals surface area contributed by atoms with Crippen molar-refractivity contribution in [1.82, 2.24) is 0 Å². The van der Waals surface area contributed by atoms with Crippen molar-refractivity contribution in [2.45, 2.75) is 26.8 Å². The smallest absolute Gasteiger partial charge is 0.418 e. The molecule has 0 fully saturated rings. The van der Waals surface area contributed by atoms with Gasteiger partial charge in [0.1, 0.15) is 0 Å². The summed E-state index contributed by atoms with van der Waals surface area (Å²) < 4.78 is 81.3. The largest absolute Gasteiger partial charge is 0.673 e. The van der Waals surface area contributed by atoms with Crippen LogP contribution in [0.15, 0.2) is 77.0 Å². The van der Waals surface area contributed by atoms with Crippen LogP contribution >= 0.6 is 0 Å². The first kappa shape index (κ1) is 36.7. The summed E-state index contributed by atoms with van der Waals surface area (Å²) in [6.07, 6.45) is 0.991. The lowest BCUT2D eigenvalue weighted by Gasteiger charge is -2.31. The van der Waals surface area contributed by atoms with E-state index in [0.717, 1.165) is 70.0 Å². The molecule has 0 saturated carbocycles. The van der Waals surface area contributed by atoms with E-state index >= 15 is 0 Å². The highest BCUT2D eigenvalue weighted by Gasteiger charge is 2.25. The van der Waals surface area contributed by atoms with Gasteiger partial charge < -0.3 is 39.0 Å². The predicted molar refractivity (Wildman–Crippen MR) is 162 cm³/mol. The molecule has 45 heavy (non-hydrogen) atoms. The standard InChI is InChI=1S/C27H30N8.2BF4/c1-4-35(3,5-2)17-9-16-34-26-19-22(31-33-29)13-15-24(26)23-14-12-21(30-32-28)18-25(23)27(34)20-10-7-6-8-11-20;2*2-1(3,4)5/h6-8,10-15,18-19H,4-5,9,16-17H2,1-3H3;;/q+2;2*-1. The molecule has 0 aliphatic heterocycles. The van der Waals surface area contributed by atoms with Gasteiger partial charge in [0.15, 0.2) is 6.54 Å². The monoisotopic (exact) mass is 640 g/mol. The van der Waals surface area contributed by atoms with Crippen molar-refractivity contribution in [3.8, 4) is 11.3 Å². The number of halogens is 8. The maximum atomic E-state index is 9.75. The highest BCUT2D eigenvalue weighted by molar-refractivity contribution is 6.50. The third-order valence-corrected chi connectivity index (χ3v) is 7.06. The van der Waals surface area contributed by atoms with E-state index < -0.39 is 14.5 Å². The number of aryl methyl sites for hydroxylation is 1. The number of fused-ring (bicyclic) bond motifs is 3. The molecule has 0 saturated heterocycles. The predicted octanol–water partition coefficient (Wildman–Crippen LogP) is 10.3. The summed E-state index contributed by atoms with van der Waals surface area (Å²) in [4.78, 5) is 6.00. The molecule has 8 nitrogen and oxygen atoms in total. The van der Waals surface area contributed by atoms with Gasteiger partial charge in [0.05, 0.1) is 43.9 Å². The Labute approximate surface area is 253 Å². The second-order valence-electron chi connectivity index (χ2n) is 10.00. The van der Waals surface area contributed by atoms with Gasteiger partial charge in [0.2, 0.25) is 11.2 Å². The number of pyridine rings is 1. The van der Waals surface area contributed by atoms with E-state index in [4.69, 9.17) is 11.1 Å². The van der Waals surface area contributed by atoms with Crippen LogP contribution in [0, 0.1) is 0 Å². The first-order valence-electron chi connectivity index (χ1n) is 13.7. The molecule has 1 aromatic heterocycles. The van der Waals surface area contributed by atoms with Gasteiger partial charge in [0, 0.05) is 38.2 Å². The number of aromatic nitrogens is 1. The molecule has 18 heteroatoms. The quantitative estimate of drug-likeness (QED) is 0.0254. The van der Waals surface area contributed by atoms with Crippen LogP contribution < -0.4 is 4.57 Å². The Morgan fingerprint density at radius 3 is 1.69 bits per heavy atom. The Balaban J connectivity index is 0.000000613. The number of azide groups is 2. The van der Waals surface area contributed by atoms with Gasteiger partial charge >= 0.3 is 14.5 Å². The Morgan fingerprint density at radius 2 is 1.20 bits per heavy atom. The first-order valence-corrected chi connectivity index (χ1v) is 13.7. The summed E-state index contributed by atoms with van der Waals surface area (Å²) >= 11 is 0. The Bertz CT molecular complexity index is 1660. The van der Waals surface area contributed by atoms with Crippen molar-refractivity contribution in [2.24, 2.45) is 10.2 Å². The summed E-state index contributed by atoms with van der Waals surface area (Å²) in [5.41, 5.74) is 22.4. The fourth-order valence-electron chi connectivity index (χ4n) is 4.72. The molecule has 0 amide bonds. The normalized spacial score (nSPS) is 11.4. The summed E-state index contributed by atoms with van der Waals surface area (Å²) in [5, 5.41) is 10.9. The number of quaternary nitrogens is 1. The number of hydrogen-bond donors (Lipinski definition) is 0. The minimum absolute atomic E-state index is 0.579. The average molecular weight is 640 g/mol. The minimum Gasteiger partial charge on any atom is -0.418 e. The van der Waals surface area contributed by atoms with Crippen molar-refractivity contribution < 1.29 is 43.6 Å². The van der Waals surface area contributed by atoms with E-state index in [1.165, 1.54) is 0 Å². The zero-order valence-electron chi connectivity index (χ0n) is 24.6. The SMILES string of the molecule is CC[N+](C)(CC)CCC[n+]1c(-c2ccccc2)c2cc(N=[N+]=[N-])ccc2c2ccc(N=[N+]=[N-])cc21.F[B-](F)(F)F.F[B-](F)(F)F. The van der Waals surface area contributed by atoms with Crippen molar-refractivity contribution in [3.05, 3.63) is 87.6 Å². The Kier molecular flexibility index (Phi) is 13.0. The van der Waals surface area contributed by atoms with Gasteiger partial charge in [-0.25, -0.2) is 0 Å². The third kappa shape index (κ3) is 11.8. The second kappa shape index (κ2) is 16.0. The van der Waals surface area contributed by atoms with Crippen LogP contribution in [0.25, 0.3) is 53.8 Å². The van der Waals surface area contributed by atoms with Gasteiger partial charge in [-0.3, -0.25) is 0 Å². The molecule has 0 aliphatic carbocycles. The molecule has 4 rings (SSSR count). The van der Waals surface area contributed by atoms with Crippen molar-refractivity contribution >= 4 is 47.6 Å². The molecule has 240 valence electrons. The maximum Gasteiger partial charge on any atom is 0.673 e. The van der Waals surface area contributed by atoms with Crippen LogP contribution in [-0.4, -0.2) is 45.7 Å².